The van der Waals surface area contributed by atoms with E-state index in [4.69, 9.17) is 5.73 Å². The van der Waals surface area contributed by atoms with Gasteiger partial charge in [-0.15, -0.1) is 0 Å². The van der Waals surface area contributed by atoms with Crippen molar-refractivity contribution in [3.63, 3.8) is 0 Å². The van der Waals surface area contributed by atoms with Crippen molar-refractivity contribution in [2.24, 2.45) is 11.1 Å². The number of halogens is 1. The highest BCUT2D eigenvalue weighted by Crippen LogP contribution is 2.42. The summed E-state index contributed by atoms with van der Waals surface area (Å²) in [5.74, 6) is -0.372. The highest BCUT2D eigenvalue weighted by atomic mass is 19.1. The Hall–Kier alpha value is -1.22. The first-order valence-electron chi connectivity index (χ1n) is 5.18. The zero-order valence-corrected chi connectivity index (χ0v) is 8.50. The maximum Gasteiger partial charge on any atom is 0.170 e. The van der Waals surface area contributed by atoms with E-state index < -0.39 is 5.41 Å². The molecule has 0 bridgehead atoms. The zero-order valence-electron chi connectivity index (χ0n) is 8.50. The third-order valence-electron chi connectivity index (χ3n) is 3.27. The monoisotopic (exact) mass is 207 g/mol. The van der Waals surface area contributed by atoms with Crippen LogP contribution in [0.15, 0.2) is 24.3 Å². The molecule has 0 unspecified atom stereocenters. The van der Waals surface area contributed by atoms with E-state index in [1.165, 1.54) is 12.1 Å². The summed E-state index contributed by atoms with van der Waals surface area (Å²) in [6.45, 7) is 0.363. The van der Waals surface area contributed by atoms with Crippen LogP contribution in [0.3, 0.4) is 0 Å². The van der Waals surface area contributed by atoms with E-state index in [9.17, 15) is 9.18 Å². The normalized spacial score (nSPS) is 18.3. The molecular weight excluding hydrogens is 193 g/mol. The molecular formula is C12H14FNO. The molecule has 2 rings (SSSR count). The van der Waals surface area contributed by atoms with Crippen molar-refractivity contribution < 1.29 is 9.18 Å². The van der Waals surface area contributed by atoms with E-state index in [1.807, 2.05) is 0 Å². The van der Waals surface area contributed by atoms with E-state index in [0.29, 0.717) is 12.1 Å². The van der Waals surface area contributed by atoms with Crippen molar-refractivity contribution in [1.82, 2.24) is 0 Å². The Morgan fingerprint density at radius 1 is 1.47 bits per heavy atom. The topological polar surface area (TPSA) is 43.1 Å². The number of carbonyl (C=O) groups is 1. The minimum absolute atomic E-state index is 0.00394. The quantitative estimate of drug-likeness (QED) is 0.771. The third-order valence-corrected chi connectivity index (χ3v) is 3.27. The summed E-state index contributed by atoms with van der Waals surface area (Å²) in [6.07, 6.45) is 2.70. The number of benzene rings is 1. The lowest BCUT2D eigenvalue weighted by atomic mass is 9.64. The van der Waals surface area contributed by atoms with Crippen LogP contribution in [0.2, 0.25) is 0 Å². The number of Topliss-reactive ketones (excluding diaryl/α,β-unsaturated/α-hetero) is 1. The van der Waals surface area contributed by atoms with Crippen LogP contribution in [-0.2, 0) is 0 Å². The van der Waals surface area contributed by atoms with Crippen molar-refractivity contribution >= 4 is 5.78 Å². The molecule has 1 aromatic carbocycles. The van der Waals surface area contributed by atoms with E-state index in [2.05, 4.69) is 0 Å². The molecule has 1 aliphatic carbocycles. The van der Waals surface area contributed by atoms with Crippen LogP contribution in [0.4, 0.5) is 4.39 Å². The van der Waals surface area contributed by atoms with Crippen molar-refractivity contribution in [3.05, 3.63) is 35.6 Å². The summed E-state index contributed by atoms with van der Waals surface area (Å²) >= 11 is 0. The van der Waals surface area contributed by atoms with Gasteiger partial charge >= 0.3 is 0 Å². The molecule has 3 heteroatoms. The first-order valence-corrected chi connectivity index (χ1v) is 5.18. The van der Waals surface area contributed by atoms with Gasteiger partial charge in [-0.1, -0.05) is 18.6 Å². The Labute approximate surface area is 88.3 Å². The molecule has 0 amide bonds. The average Bonchev–Trinajstić information content (AvgIpc) is 2.17. The van der Waals surface area contributed by atoms with Crippen molar-refractivity contribution in [1.29, 1.82) is 0 Å². The molecule has 2 N–H and O–H groups in total. The van der Waals surface area contributed by atoms with Crippen LogP contribution in [0.1, 0.15) is 29.6 Å². The molecule has 0 radical (unpaired) electrons. The van der Waals surface area contributed by atoms with E-state index in [1.54, 1.807) is 12.1 Å². The van der Waals surface area contributed by atoms with E-state index in [-0.39, 0.29) is 11.6 Å². The molecule has 0 atom stereocenters. The number of ketones is 1. The van der Waals surface area contributed by atoms with Crippen molar-refractivity contribution in [2.75, 3.05) is 6.54 Å². The van der Waals surface area contributed by atoms with Gasteiger partial charge < -0.3 is 5.73 Å². The van der Waals surface area contributed by atoms with Gasteiger partial charge in [-0.25, -0.2) is 4.39 Å². The SMILES string of the molecule is NCC1(C(=O)c2cccc(F)c2)CCC1. The van der Waals surface area contributed by atoms with Gasteiger partial charge in [-0.3, -0.25) is 4.79 Å². The summed E-state index contributed by atoms with van der Waals surface area (Å²) in [5, 5.41) is 0. The Kier molecular flexibility index (Phi) is 2.57. The third kappa shape index (κ3) is 1.67. The fourth-order valence-electron chi connectivity index (χ4n) is 2.06. The summed E-state index contributed by atoms with van der Waals surface area (Å²) in [5.41, 5.74) is 5.67. The van der Waals surface area contributed by atoms with Gasteiger partial charge in [0.25, 0.3) is 0 Å². The number of nitrogens with two attached hydrogens (primary N) is 1. The molecule has 1 aromatic rings. The molecule has 80 valence electrons. The molecule has 1 saturated carbocycles. The average molecular weight is 207 g/mol. The fraction of sp³-hybridized carbons (Fsp3) is 0.417. The lowest BCUT2D eigenvalue weighted by Gasteiger charge is -2.39. The van der Waals surface area contributed by atoms with Crippen LogP contribution in [0.5, 0.6) is 0 Å². The van der Waals surface area contributed by atoms with Gasteiger partial charge in [0.1, 0.15) is 5.82 Å². The second kappa shape index (κ2) is 3.74. The van der Waals surface area contributed by atoms with Gasteiger partial charge in [-0.05, 0) is 25.0 Å². The van der Waals surface area contributed by atoms with Gasteiger partial charge in [0.2, 0.25) is 0 Å². The molecule has 0 saturated heterocycles. The Morgan fingerprint density at radius 3 is 2.67 bits per heavy atom. The first kappa shape index (κ1) is 10.3. The predicted molar refractivity (Wildman–Crippen MR) is 56.1 cm³/mol. The van der Waals surface area contributed by atoms with Crippen LogP contribution in [-0.4, -0.2) is 12.3 Å². The van der Waals surface area contributed by atoms with Gasteiger partial charge in [0.05, 0.1) is 0 Å². The minimum atomic E-state index is -0.409. The standard InChI is InChI=1S/C12H14FNO/c13-10-4-1-3-9(7-10)11(15)12(8-14)5-2-6-12/h1,3-4,7H,2,5-6,8,14H2. The molecule has 1 fully saturated rings. The summed E-state index contributed by atoms with van der Waals surface area (Å²) in [7, 11) is 0. The fourth-order valence-corrected chi connectivity index (χ4v) is 2.06. The maximum atomic E-state index is 13.0. The number of hydrogen-bond donors (Lipinski definition) is 1. The zero-order chi connectivity index (χ0) is 10.9. The molecule has 0 aromatic heterocycles. The van der Waals surface area contributed by atoms with Crippen molar-refractivity contribution in [3.8, 4) is 0 Å². The Morgan fingerprint density at radius 2 is 2.20 bits per heavy atom. The van der Waals surface area contributed by atoms with Gasteiger partial charge in [0, 0.05) is 17.5 Å². The van der Waals surface area contributed by atoms with E-state index in [0.717, 1.165) is 19.3 Å². The first-order chi connectivity index (χ1) is 7.18. The van der Waals surface area contributed by atoms with Gasteiger partial charge in [-0.2, -0.15) is 0 Å². The largest absolute Gasteiger partial charge is 0.329 e. The summed E-state index contributed by atoms with van der Waals surface area (Å²) < 4.78 is 13.0. The second-order valence-electron chi connectivity index (χ2n) is 4.18. The van der Waals surface area contributed by atoms with Crippen molar-refractivity contribution in [2.45, 2.75) is 19.3 Å². The Bertz CT molecular complexity index is 379. The number of carbonyl (C=O) groups excluding carboxylic acids is 1. The summed E-state index contributed by atoms with van der Waals surface area (Å²) in [4.78, 5) is 12.1. The van der Waals surface area contributed by atoms with Gasteiger partial charge in [0.15, 0.2) is 5.78 Å². The predicted octanol–water partition coefficient (Wildman–Crippen LogP) is 2.14. The van der Waals surface area contributed by atoms with Crippen LogP contribution in [0.25, 0.3) is 0 Å². The molecule has 15 heavy (non-hydrogen) atoms. The van der Waals surface area contributed by atoms with Crippen LogP contribution < -0.4 is 5.73 Å². The minimum Gasteiger partial charge on any atom is -0.329 e. The molecule has 1 aliphatic rings. The lowest BCUT2D eigenvalue weighted by Crippen LogP contribution is -2.44. The molecule has 0 heterocycles. The maximum absolute atomic E-state index is 13.0. The van der Waals surface area contributed by atoms with E-state index >= 15 is 0 Å². The summed E-state index contributed by atoms with van der Waals surface area (Å²) in [6, 6.07) is 5.84. The number of hydrogen-bond acceptors (Lipinski definition) is 2. The Balaban J connectivity index is 2.27. The lowest BCUT2D eigenvalue weighted by molar-refractivity contribution is 0.0635. The molecule has 0 spiro atoms. The second-order valence-corrected chi connectivity index (χ2v) is 4.18. The molecule has 2 nitrogen and oxygen atoms in total. The smallest absolute Gasteiger partial charge is 0.170 e. The van der Waals surface area contributed by atoms with Crippen LogP contribution in [0, 0.1) is 11.2 Å². The number of rotatable bonds is 3. The highest BCUT2D eigenvalue weighted by molar-refractivity contribution is 6.01. The highest BCUT2D eigenvalue weighted by Gasteiger charge is 2.42. The molecule has 0 aliphatic heterocycles. The van der Waals surface area contributed by atoms with Crippen LogP contribution >= 0.6 is 0 Å².